The lowest BCUT2D eigenvalue weighted by molar-refractivity contribution is 1.21. The second kappa shape index (κ2) is 3.85. The van der Waals surface area contributed by atoms with Crippen molar-refractivity contribution in [2.24, 2.45) is 0 Å². The molecule has 0 saturated heterocycles. The third-order valence-corrected chi connectivity index (χ3v) is 3.20. The highest BCUT2D eigenvalue weighted by molar-refractivity contribution is 8.00. The lowest BCUT2D eigenvalue weighted by Crippen LogP contribution is -1.79. The van der Waals surface area contributed by atoms with Crippen LogP contribution in [0.1, 0.15) is 0 Å². The van der Waals surface area contributed by atoms with E-state index in [0.29, 0.717) is 0 Å². The first-order valence-electron chi connectivity index (χ1n) is 3.68. The lowest BCUT2D eigenvalue weighted by atomic mass is 10.3. The van der Waals surface area contributed by atoms with Gasteiger partial charge in [-0.15, -0.1) is 0 Å². The summed E-state index contributed by atoms with van der Waals surface area (Å²) in [5, 5.41) is 0. The molecule has 0 atom stereocenters. The van der Waals surface area contributed by atoms with Crippen molar-refractivity contribution in [1.29, 1.82) is 0 Å². The summed E-state index contributed by atoms with van der Waals surface area (Å²) in [6.45, 7) is 0. The molecule has 5 heteroatoms. The van der Waals surface area contributed by atoms with Gasteiger partial charge in [0.05, 0.1) is 0 Å². The van der Waals surface area contributed by atoms with E-state index >= 15 is 0 Å². The average Bonchev–Trinajstić information content (AvgIpc) is 2.67. The van der Waals surface area contributed by atoms with Gasteiger partial charge < -0.3 is 0 Å². The van der Waals surface area contributed by atoms with Crippen molar-refractivity contribution in [3.8, 4) is 11.4 Å². The molecule has 0 spiro atoms. The molecule has 2 aromatic rings. The first-order chi connectivity index (χ1) is 6.40. The van der Waals surface area contributed by atoms with Crippen LogP contribution in [-0.4, -0.2) is 20.6 Å². The van der Waals surface area contributed by atoms with E-state index in [1.807, 2.05) is 18.4 Å². The van der Waals surface area contributed by atoms with Crippen LogP contribution in [0.2, 0.25) is 0 Å². The number of rotatable bonds is 2. The first-order valence-corrected chi connectivity index (χ1v) is 5.68. The van der Waals surface area contributed by atoms with Gasteiger partial charge in [0.1, 0.15) is 0 Å². The van der Waals surface area contributed by atoms with E-state index in [1.165, 1.54) is 11.5 Å². The van der Waals surface area contributed by atoms with E-state index in [-0.39, 0.29) is 0 Å². The molecule has 0 amide bonds. The standard InChI is InChI=1S/C8H7N3S2/c1-12-8-10-7(11-13-8)6-2-4-9-5-3-6/h2-5H,1H3. The van der Waals surface area contributed by atoms with E-state index in [9.17, 15) is 0 Å². The van der Waals surface area contributed by atoms with Gasteiger partial charge in [-0.25, -0.2) is 4.98 Å². The summed E-state index contributed by atoms with van der Waals surface area (Å²) in [4.78, 5) is 8.28. The molecule has 0 bridgehead atoms. The second-order valence-electron chi connectivity index (χ2n) is 2.32. The molecule has 2 heterocycles. The SMILES string of the molecule is CSc1nc(-c2ccncc2)ns1. The lowest BCUT2D eigenvalue weighted by Gasteiger charge is -1.90. The second-order valence-corrected chi connectivity index (χ2v) is 4.13. The summed E-state index contributed by atoms with van der Waals surface area (Å²) in [5.41, 5.74) is 1.02. The Bertz CT molecular complexity index is 385. The van der Waals surface area contributed by atoms with Crippen LogP contribution >= 0.6 is 23.3 Å². The third-order valence-electron chi connectivity index (χ3n) is 1.52. The molecule has 3 nitrogen and oxygen atoms in total. The van der Waals surface area contributed by atoms with Gasteiger partial charge in [-0.05, 0) is 29.9 Å². The molecular weight excluding hydrogens is 202 g/mol. The molecule has 13 heavy (non-hydrogen) atoms. The van der Waals surface area contributed by atoms with E-state index < -0.39 is 0 Å². The fraction of sp³-hybridized carbons (Fsp3) is 0.125. The molecule has 0 aliphatic heterocycles. The zero-order chi connectivity index (χ0) is 9.10. The maximum Gasteiger partial charge on any atom is 0.174 e. The topological polar surface area (TPSA) is 38.7 Å². The van der Waals surface area contributed by atoms with Gasteiger partial charge in [0.25, 0.3) is 0 Å². The Hall–Kier alpha value is -0.940. The number of hydrogen-bond donors (Lipinski definition) is 0. The summed E-state index contributed by atoms with van der Waals surface area (Å²) in [7, 11) is 0. The molecule has 66 valence electrons. The fourth-order valence-electron chi connectivity index (χ4n) is 0.911. The Morgan fingerprint density at radius 3 is 2.69 bits per heavy atom. The summed E-state index contributed by atoms with van der Waals surface area (Å²) in [5.74, 6) is 0.789. The number of hydrogen-bond acceptors (Lipinski definition) is 5. The largest absolute Gasteiger partial charge is 0.265 e. The molecule has 0 N–H and O–H groups in total. The normalized spacial score (nSPS) is 10.2. The van der Waals surface area contributed by atoms with Gasteiger partial charge in [0.15, 0.2) is 10.2 Å². The van der Waals surface area contributed by atoms with Gasteiger partial charge >= 0.3 is 0 Å². The molecule has 0 radical (unpaired) electrons. The molecule has 2 aromatic heterocycles. The minimum Gasteiger partial charge on any atom is -0.265 e. The minimum atomic E-state index is 0.789. The summed E-state index contributed by atoms with van der Waals surface area (Å²) < 4.78 is 5.23. The van der Waals surface area contributed by atoms with Crippen LogP contribution in [0.3, 0.4) is 0 Å². The van der Waals surface area contributed by atoms with Crippen molar-refractivity contribution >= 4 is 23.3 Å². The Labute approximate surface area is 84.4 Å². The highest BCUT2D eigenvalue weighted by Crippen LogP contribution is 2.22. The average molecular weight is 209 g/mol. The Kier molecular flexibility index (Phi) is 2.56. The minimum absolute atomic E-state index is 0.789. The van der Waals surface area contributed by atoms with Crippen molar-refractivity contribution < 1.29 is 0 Å². The predicted molar refractivity (Wildman–Crippen MR) is 54.9 cm³/mol. The number of aromatic nitrogens is 3. The van der Waals surface area contributed by atoms with Crippen molar-refractivity contribution in [3.05, 3.63) is 24.5 Å². The number of thioether (sulfide) groups is 1. The van der Waals surface area contributed by atoms with Crippen LogP contribution in [0.25, 0.3) is 11.4 Å². The number of pyridine rings is 1. The molecule has 0 aromatic carbocycles. The quantitative estimate of drug-likeness (QED) is 0.711. The van der Waals surface area contributed by atoms with Crippen LogP contribution in [0.15, 0.2) is 28.9 Å². The number of nitrogens with zero attached hydrogens (tertiary/aromatic N) is 3. The maximum atomic E-state index is 4.34. The molecule has 0 saturated carbocycles. The van der Waals surface area contributed by atoms with Crippen LogP contribution < -0.4 is 0 Å². The fourth-order valence-corrected chi connectivity index (χ4v) is 1.94. The van der Waals surface area contributed by atoms with Crippen LogP contribution in [0.4, 0.5) is 0 Å². The zero-order valence-electron chi connectivity index (χ0n) is 6.97. The zero-order valence-corrected chi connectivity index (χ0v) is 8.60. The van der Waals surface area contributed by atoms with Crippen LogP contribution in [0.5, 0.6) is 0 Å². The Morgan fingerprint density at radius 1 is 1.31 bits per heavy atom. The van der Waals surface area contributed by atoms with Crippen LogP contribution in [0, 0.1) is 0 Å². The summed E-state index contributed by atoms with van der Waals surface area (Å²) >= 11 is 3.04. The van der Waals surface area contributed by atoms with Crippen molar-refractivity contribution in [1.82, 2.24) is 14.3 Å². The molecule has 2 rings (SSSR count). The molecule has 0 fully saturated rings. The predicted octanol–water partition coefficient (Wildman–Crippen LogP) is 2.32. The van der Waals surface area contributed by atoms with E-state index in [4.69, 9.17) is 0 Å². The van der Waals surface area contributed by atoms with Gasteiger partial charge in [-0.1, -0.05) is 11.8 Å². The highest BCUT2D eigenvalue weighted by atomic mass is 32.2. The van der Waals surface area contributed by atoms with Gasteiger partial charge in [-0.2, -0.15) is 4.37 Å². The summed E-state index contributed by atoms with van der Waals surface area (Å²) in [6, 6.07) is 3.82. The molecular formula is C8H7N3S2. The van der Waals surface area contributed by atoms with Gasteiger partial charge in [-0.3, -0.25) is 4.98 Å². The van der Waals surface area contributed by atoms with E-state index in [2.05, 4.69) is 14.3 Å². The monoisotopic (exact) mass is 209 g/mol. The van der Waals surface area contributed by atoms with E-state index in [1.54, 1.807) is 24.2 Å². The smallest absolute Gasteiger partial charge is 0.174 e. The van der Waals surface area contributed by atoms with Crippen molar-refractivity contribution in [3.63, 3.8) is 0 Å². The van der Waals surface area contributed by atoms with Crippen LogP contribution in [-0.2, 0) is 0 Å². The Balaban J connectivity index is 2.36. The summed E-state index contributed by atoms with van der Waals surface area (Å²) in [6.07, 6.45) is 5.49. The highest BCUT2D eigenvalue weighted by Gasteiger charge is 2.04. The Morgan fingerprint density at radius 2 is 2.08 bits per heavy atom. The van der Waals surface area contributed by atoms with Gasteiger partial charge in [0, 0.05) is 18.0 Å². The molecule has 0 aliphatic carbocycles. The first kappa shape index (κ1) is 8.65. The molecule has 0 unspecified atom stereocenters. The van der Waals surface area contributed by atoms with Crippen molar-refractivity contribution in [2.45, 2.75) is 4.34 Å². The molecule has 0 aliphatic rings. The van der Waals surface area contributed by atoms with Crippen molar-refractivity contribution in [2.75, 3.05) is 6.26 Å². The maximum absolute atomic E-state index is 4.34. The van der Waals surface area contributed by atoms with E-state index in [0.717, 1.165) is 15.7 Å². The van der Waals surface area contributed by atoms with Gasteiger partial charge in [0.2, 0.25) is 0 Å². The third kappa shape index (κ3) is 1.87.